The Morgan fingerprint density at radius 3 is 2.32 bits per heavy atom. The van der Waals surface area contributed by atoms with Crippen LogP contribution in [0.5, 0.6) is 0 Å². The molecular formula is C24H23N3O6S. The molecule has 2 aromatic carbocycles. The molecule has 3 aromatic rings. The third kappa shape index (κ3) is 5.24. The Hall–Kier alpha value is -3.76. The van der Waals surface area contributed by atoms with Crippen LogP contribution in [0.2, 0.25) is 0 Å². The second-order valence-electron chi connectivity index (χ2n) is 7.72. The number of anilines is 1. The monoisotopic (exact) mass is 481 g/mol. The van der Waals surface area contributed by atoms with Crippen molar-refractivity contribution in [2.45, 2.75) is 24.8 Å². The fourth-order valence-corrected chi connectivity index (χ4v) is 4.69. The summed E-state index contributed by atoms with van der Waals surface area (Å²) in [6, 6.07) is 14.8. The number of fused-ring (bicyclic) bond motifs is 3. The molecule has 1 aliphatic carbocycles. The number of hydrogen-bond acceptors (Lipinski definition) is 7. The summed E-state index contributed by atoms with van der Waals surface area (Å²) in [4.78, 5) is 40.0. The van der Waals surface area contributed by atoms with Gasteiger partial charge in [0, 0.05) is 23.4 Å². The highest BCUT2D eigenvalue weighted by Gasteiger charge is 2.29. The number of aliphatic hydroxyl groups is 1. The molecule has 2 amide bonds. The summed E-state index contributed by atoms with van der Waals surface area (Å²) in [5, 5.41) is 23.0. The number of thiazole rings is 1. The number of nitrogens with one attached hydrogen (secondary N) is 2. The second-order valence-corrected chi connectivity index (χ2v) is 8.84. The van der Waals surface area contributed by atoms with Crippen molar-refractivity contribution < 1.29 is 29.3 Å². The van der Waals surface area contributed by atoms with Crippen LogP contribution in [-0.4, -0.2) is 52.4 Å². The van der Waals surface area contributed by atoms with E-state index in [2.05, 4.69) is 27.8 Å². The highest BCUT2D eigenvalue weighted by atomic mass is 32.1. The van der Waals surface area contributed by atoms with Gasteiger partial charge in [-0.05, 0) is 28.7 Å². The quantitative estimate of drug-likeness (QED) is 0.369. The van der Waals surface area contributed by atoms with Gasteiger partial charge in [0.1, 0.15) is 12.6 Å². The maximum absolute atomic E-state index is 12.4. The van der Waals surface area contributed by atoms with E-state index in [9.17, 15) is 14.4 Å². The SMILES string of the molecule is O=C(CCc1cnc(NC(=O)OCC2c3ccccc3-c3ccccc32)s1)N[C@H](CO)C(=O)O. The summed E-state index contributed by atoms with van der Waals surface area (Å²) >= 11 is 1.20. The van der Waals surface area contributed by atoms with Gasteiger partial charge in [0.25, 0.3) is 0 Å². The number of carbonyl (C=O) groups excluding carboxylic acids is 2. The van der Waals surface area contributed by atoms with Crippen molar-refractivity contribution in [3.63, 3.8) is 0 Å². The van der Waals surface area contributed by atoms with Crippen LogP contribution in [0, 0.1) is 0 Å². The van der Waals surface area contributed by atoms with Crippen LogP contribution in [-0.2, 0) is 20.7 Å². The molecule has 0 unspecified atom stereocenters. The molecule has 1 aliphatic rings. The lowest BCUT2D eigenvalue weighted by atomic mass is 9.98. The molecule has 0 radical (unpaired) electrons. The normalized spacial score (nSPS) is 13.0. The summed E-state index contributed by atoms with van der Waals surface area (Å²) in [6.45, 7) is -0.496. The van der Waals surface area contributed by atoms with Crippen molar-refractivity contribution in [3.05, 3.63) is 70.7 Å². The first-order valence-corrected chi connectivity index (χ1v) is 11.5. The number of rotatable bonds is 9. The van der Waals surface area contributed by atoms with E-state index in [1.54, 1.807) is 0 Å². The first-order chi connectivity index (χ1) is 16.5. The molecule has 1 atom stereocenters. The Morgan fingerprint density at radius 2 is 1.71 bits per heavy atom. The van der Waals surface area contributed by atoms with E-state index in [4.69, 9.17) is 14.9 Å². The van der Waals surface area contributed by atoms with E-state index in [1.807, 2.05) is 36.4 Å². The zero-order valence-electron chi connectivity index (χ0n) is 18.1. The zero-order chi connectivity index (χ0) is 24.1. The molecule has 0 spiro atoms. The summed E-state index contributed by atoms with van der Waals surface area (Å²) in [7, 11) is 0. The molecule has 10 heteroatoms. The molecule has 0 bridgehead atoms. The van der Waals surface area contributed by atoms with Crippen LogP contribution >= 0.6 is 11.3 Å². The molecule has 4 rings (SSSR count). The van der Waals surface area contributed by atoms with Gasteiger partial charge in [-0.25, -0.2) is 14.6 Å². The van der Waals surface area contributed by atoms with Gasteiger partial charge in [-0.2, -0.15) is 0 Å². The average Bonchev–Trinajstić information content (AvgIpc) is 3.41. The van der Waals surface area contributed by atoms with E-state index in [-0.39, 0.29) is 18.9 Å². The molecule has 0 saturated carbocycles. The minimum absolute atomic E-state index is 0.0242. The molecule has 0 fully saturated rings. The lowest BCUT2D eigenvalue weighted by Crippen LogP contribution is -2.43. The second kappa shape index (κ2) is 10.4. The third-order valence-electron chi connectivity index (χ3n) is 5.52. The lowest BCUT2D eigenvalue weighted by molar-refractivity contribution is -0.142. The topological polar surface area (TPSA) is 138 Å². The van der Waals surface area contributed by atoms with Gasteiger partial charge in [0.2, 0.25) is 5.91 Å². The maximum atomic E-state index is 12.4. The molecular weight excluding hydrogens is 458 g/mol. The standard InChI is InChI=1S/C24H23N3O6S/c28-12-20(22(30)31)26-21(29)10-9-14-11-25-23(34-14)27-24(32)33-13-19-17-7-3-1-5-15(17)16-6-2-4-8-18(16)19/h1-8,11,19-20,28H,9-10,12-13H2,(H,26,29)(H,30,31)(H,25,27,32)/t20-/m1/s1. The number of carboxylic acid groups (broad SMARTS) is 1. The van der Waals surface area contributed by atoms with Crippen molar-refractivity contribution >= 4 is 34.4 Å². The highest BCUT2D eigenvalue weighted by Crippen LogP contribution is 2.44. The number of carbonyl (C=O) groups is 3. The third-order valence-corrected chi connectivity index (χ3v) is 6.49. The maximum Gasteiger partial charge on any atom is 0.413 e. The lowest BCUT2D eigenvalue weighted by Gasteiger charge is -2.14. The number of aliphatic carboxylic acids is 1. The number of aliphatic hydroxyl groups excluding tert-OH is 1. The largest absolute Gasteiger partial charge is 0.480 e. The van der Waals surface area contributed by atoms with Crippen molar-refractivity contribution in [2.24, 2.45) is 0 Å². The van der Waals surface area contributed by atoms with Gasteiger partial charge in [0.15, 0.2) is 5.13 Å². The van der Waals surface area contributed by atoms with Gasteiger partial charge in [-0.1, -0.05) is 48.5 Å². The first kappa shape index (κ1) is 23.4. The molecule has 1 aromatic heterocycles. The minimum atomic E-state index is -1.33. The summed E-state index contributed by atoms with van der Waals surface area (Å²) in [5.74, 6) is -1.85. The molecule has 0 saturated heterocycles. The van der Waals surface area contributed by atoms with Gasteiger partial charge in [-0.15, -0.1) is 11.3 Å². The number of nitrogens with zero attached hydrogens (tertiary/aromatic N) is 1. The first-order valence-electron chi connectivity index (χ1n) is 10.7. The Balaban J connectivity index is 1.29. The number of amides is 2. The van der Waals surface area contributed by atoms with Crippen LogP contribution in [0.4, 0.5) is 9.93 Å². The zero-order valence-corrected chi connectivity index (χ0v) is 18.9. The van der Waals surface area contributed by atoms with E-state index in [0.29, 0.717) is 11.6 Å². The van der Waals surface area contributed by atoms with Crippen molar-refractivity contribution in [1.82, 2.24) is 10.3 Å². The average molecular weight is 482 g/mol. The number of aryl methyl sites for hydroxylation is 1. The smallest absolute Gasteiger partial charge is 0.413 e. The van der Waals surface area contributed by atoms with Crippen LogP contribution in [0.1, 0.15) is 28.3 Å². The van der Waals surface area contributed by atoms with Crippen molar-refractivity contribution in [1.29, 1.82) is 0 Å². The number of benzene rings is 2. The Morgan fingerprint density at radius 1 is 1.06 bits per heavy atom. The fraction of sp³-hybridized carbons (Fsp3) is 0.250. The number of hydrogen-bond donors (Lipinski definition) is 4. The van der Waals surface area contributed by atoms with Crippen LogP contribution < -0.4 is 10.6 Å². The molecule has 34 heavy (non-hydrogen) atoms. The molecule has 176 valence electrons. The highest BCUT2D eigenvalue weighted by molar-refractivity contribution is 7.15. The molecule has 0 aliphatic heterocycles. The number of ether oxygens (including phenoxy) is 1. The minimum Gasteiger partial charge on any atom is -0.480 e. The molecule has 1 heterocycles. The van der Waals surface area contributed by atoms with Crippen molar-refractivity contribution in [2.75, 3.05) is 18.5 Å². The van der Waals surface area contributed by atoms with Crippen LogP contribution in [0.15, 0.2) is 54.7 Å². The van der Waals surface area contributed by atoms with Gasteiger partial charge < -0.3 is 20.3 Å². The summed E-state index contributed by atoms with van der Waals surface area (Å²) in [5.41, 5.74) is 4.54. The van der Waals surface area contributed by atoms with E-state index in [1.165, 1.54) is 17.5 Å². The fourth-order valence-electron chi connectivity index (χ4n) is 3.89. The Bertz CT molecular complexity index is 1170. The Labute approximate surface area is 199 Å². The molecule has 9 nitrogen and oxygen atoms in total. The number of carboxylic acids is 1. The van der Waals surface area contributed by atoms with Gasteiger partial charge >= 0.3 is 12.1 Å². The Kier molecular flexibility index (Phi) is 7.19. The van der Waals surface area contributed by atoms with Gasteiger partial charge in [0.05, 0.1) is 6.61 Å². The molecule has 4 N–H and O–H groups in total. The van der Waals surface area contributed by atoms with Crippen LogP contribution in [0.25, 0.3) is 11.1 Å². The summed E-state index contributed by atoms with van der Waals surface area (Å²) < 4.78 is 5.50. The predicted octanol–water partition coefficient (Wildman–Crippen LogP) is 3.00. The van der Waals surface area contributed by atoms with Crippen molar-refractivity contribution in [3.8, 4) is 11.1 Å². The summed E-state index contributed by atoms with van der Waals surface area (Å²) in [6.07, 6.45) is 1.26. The number of aromatic nitrogens is 1. The van der Waals surface area contributed by atoms with E-state index in [0.717, 1.165) is 27.1 Å². The van der Waals surface area contributed by atoms with Gasteiger partial charge in [-0.3, -0.25) is 10.1 Å². The van der Waals surface area contributed by atoms with E-state index >= 15 is 0 Å². The van der Waals surface area contributed by atoms with E-state index < -0.39 is 30.6 Å². The predicted molar refractivity (Wildman–Crippen MR) is 126 cm³/mol. The van der Waals surface area contributed by atoms with Crippen LogP contribution in [0.3, 0.4) is 0 Å².